The summed E-state index contributed by atoms with van der Waals surface area (Å²) in [6.07, 6.45) is 0. The molecule has 0 saturated heterocycles. The van der Waals surface area contributed by atoms with Gasteiger partial charge in [0.1, 0.15) is 11.2 Å². The maximum Gasteiger partial charge on any atom is 0.136 e. The summed E-state index contributed by atoms with van der Waals surface area (Å²) in [6.45, 7) is 4.71. The Kier molecular flexibility index (Phi) is 8.20. The SMILES string of the molecule is CC1(C)c2ccccc2-c2c(-c3ccccc3N(c3cccc(-c4ccc5c(c4)oc4ccccc45)c3)c3ccccc3-c3ccc(-c4ccccc4)cc3)cccc21. The van der Waals surface area contributed by atoms with Crippen molar-refractivity contribution in [3.63, 3.8) is 0 Å². The Bertz CT molecular complexity index is 3190. The van der Waals surface area contributed by atoms with Gasteiger partial charge in [0.2, 0.25) is 0 Å². The van der Waals surface area contributed by atoms with Gasteiger partial charge in [0.05, 0.1) is 11.4 Å². The molecule has 0 spiro atoms. The number of hydrogen-bond donors (Lipinski definition) is 0. The molecule has 2 heteroatoms. The second-order valence-electron chi connectivity index (χ2n) is 16.1. The van der Waals surface area contributed by atoms with Gasteiger partial charge in [-0.2, -0.15) is 0 Å². The van der Waals surface area contributed by atoms with Crippen molar-refractivity contribution in [1.29, 1.82) is 0 Å². The third-order valence-electron chi connectivity index (χ3n) is 12.3. The first kappa shape index (κ1) is 34.8. The van der Waals surface area contributed by atoms with Gasteiger partial charge in [-0.25, -0.2) is 0 Å². The van der Waals surface area contributed by atoms with Gasteiger partial charge in [0.15, 0.2) is 0 Å². The van der Waals surface area contributed by atoms with E-state index in [0.29, 0.717) is 0 Å². The predicted molar refractivity (Wildman–Crippen MR) is 248 cm³/mol. The summed E-state index contributed by atoms with van der Waals surface area (Å²) in [4.78, 5) is 2.46. The topological polar surface area (TPSA) is 16.4 Å². The predicted octanol–water partition coefficient (Wildman–Crippen LogP) is 16.0. The minimum absolute atomic E-state index is 0.107. The maximum atomic E-state index is 6.36. The van der Waals surface area contributed by atoms with Crippen LogP contribution in [0.3, 0.4) is 0 Å². The van der Waals surface area contributed by atoms with Crippen LogP contribution in [0.15, 0.2) is 217 Å². The Labute approximate surface area is 345 Å². The highest BCUT2D eigenvalue weighted by molar-refractivity contribution is 6.06. The highest BCUT2D eigenvalue weighted by atomic mass is 16.3. The van der Waals surface area contributed by atoms with Crippen LogP contribution in [0.25, 0.3) is 77.6 Å². The normalized spacial score (nSPS) is 12.7. The molecule has 1 aromatic heterocycles. The lowest BCUT2D eigenvalue weighted by Crippen LogP contribution is -2.15. The minimum Gasteiger partial charge on any atom is -0.456 e. The van der Waals surface area contributed by atoms with Crippen LogP contribution in [0, 0.1) is 0 Å². The lowest BCUT2D eigenvalue weighted by Gasteiger charge is -2.31. The minimum atomic E-state index is -0.107. The average molecular weight is 756 g/mol. The van der Waals surface area contributed by atoms with Gasteiger partial charge in [-0.1, -0.05) is 184 Å². The van der Waals surface area contributed by atoms with E-state index in [-0.39, 0.29) is 5.41 Å². The summed E-state index contributed by atoms with van der Waals surface area (Å²) in [5.74, 6) is 0. The largest absolute Gasteiger partial charge is 0.456 e. The second-order valence-corrected chi connectivity index (χ2v) is 16.1. The molecule has 2 nitrogen and oxygen atoms in total. The van der Waals surface area contributed by atoms with E-state index in [4.69, 9.17) is 4.42 Å². The Balaban J connectivity index is 1.11. The Morgan fingerprint density at radius 2 is 0.898 bits per heavy atom. The van der Waals surface area contributed by atoms with Crippen molar-refractivity contribution >= 4 is 39.0 Å². The van der Waals surface area contributed by atoms with Crippen molar-refractivity contribution in [2.24, 2.45) is 0 Å². The molecule has 0 N–H and O–H groups in total. The molecule has 1 aliphatic carbocycles. The molecule has 280 valence electrons. The lowest BCUT2D eigenvalue weighted by atomic mass is 9.82. The fourth-order valence-electron chi connectivity index (χ4n) is 9.40. The maximum absolute atomic E-state index is 6.36. The molecule has 0 aliphatic heterocycles. The first-order valence-electron chi connectivity index (χ1n) is 20.4. The molecule has 0 saturated carbocycles. The number of furan rings is 1. The molecule has 0 bridgehead atoms. The van der Waals surface area contributed by atoms with Crippen LogP contribution in [0.5, 0.6) is 0 Å². The Morgan fingerprint density at radius 1 is 0.356 bits per heavy atom. The van der Waals surface area contributed by atoms with E-state index in [1.54, 1.807) is 0 Å². The molecule has 0 atom stereocenters. The highest BCUT2D eigenvalue weighted by Crippen LogP contribution is 2.54. The summed E-state index contributed by atoms with van der Waals surface area (Å²) in [7, 11) is 0. The van der Waals surface area contributed by atoms with Crippen LogP contribution in [0.1, 0.15) is 25.0 Å². The molecule has 0 unspecified atom stereocenters. The van der Waals surface area contributed by atoms with E-state index in [1.807, 2.05) is 12.1 Å². The molecule has 1 aliphatic rings. The van der Waals surface area contributed by atoms with E-state index >= 15 is 0 Å². The molecular weight excluding hydrogens is 715 g/mol. The zero-order valence-corrected chi connectivity index (χ0v) is 33.1. The standard InChI is InChI=1S/C57H41NO/c1-57(2)50-25-10-6-23-49(50)56-48(24-15-26-51(56)57)45-21-8-12-28-53(45)58(52-27-11-7-20-44(52)40-32-30-39(31-33-40)38-16-4-3-5-17-38)43-19-14-18-41(36-43)42-34-35-47-46-22-9-13-29-54(46)59-55(47)37-42/h3-37H,1-2H3. The van der Waals surface area contributed by atoms with Gasteiger partial charge < -0.3 is 9.32 Å². The van der Waals surface area contributed by atoms with E-state index in [0.717, 1.165) is 61.3 Å². The first-order valence-corrected chi connectivity index (χ1v) is 20.4. The van der Waals surface area contributed by atoms with Gasteiger partial charge in [0.25, 0.3) is 0 Å². The molecule has 11 rings (SSSR count). The van der Waals surface area contributed by atoms with Crippen LogP contribution in [0.4, 0.5) is 17.1 Å². The Morgan fingerprint density at radius 3 is 1.73 bits per heavy atom. The summed E-state index contributed by atoms with van der Waals surface area (Å²) < 4.78 is 6.36. The number of para-hydroxylation sites is 3. The molecule has 0 amide bonds. The smallest absolute Gasteiger partial charge is 0.136 e. The molecule has 1 heterocycles. The lowest BCUT2D eigenvalue weighted by molar-refractivity contribution is 0.660. The van der Waals surface area contributed by atoms with E-state index < -0.39 is 0 Å². The third kappa shape index (κ3) is 5.79. The van der Waals surface area contributed by atoms with Crippen molar-refractivity contribution < 1.29 is 4.42 Å². The van der Waals surface area contributed by atoms with Crippen LogP contribution in [0.2, 0.25) is 0 Å². The Hall–Kier alpha value is -7.42. The van der Waals surface area contributed by atoms with Crippen molar-refractivity contribution in [2.75, 3.05) is 4.90 Å². The molecule has 10 aromatic rings. The molecular formula is C57H41NO. The first-order chi connectivity index (χ1) is 29.0. The average Bonchev–Trinajstić information content (AvgIpc) is 3.79. The number of fused-ring (bicyclic) bond motifs is 6. The zero-order chi connectivity index (χ0) is 39.5. The van der Waals surface area contributed by atoms with E-state index in [1.165, 1.54) is 44.5 Å². The van der Waals surface area contributed by atoms with Gasteiger partial charge in [-0.05, 0) is 98.1 Å². The molecule has 59 heavy (non-hydrogen) atoms. The number of anilines is 3. The van der Waals surface area contributed by atoms with Crippen molar-refractivity contribution in [3.8, 4) is 55.6 Å². The van der Waals surface area contributed by atoms with E-state index in [2.05, 4.69) is 219 Å². The van der Waals surface area contributed by atoms with Crippen LogP contribution < -0.4 is 4.90 Å². The highest BCUT2D eigenvalue weighted by Gasteiger charge is 2.37. The molecule has 0 fully saturated rings. The number of benzene rings is 9. The second kappa shape index (κ2) is 13.9. The fraction of sp³-hybridized carbons (Fsp3) is 0.0526. The zero-order valence-electron chi connectivity index (χ0n) is 33.1. The van der Waals surface area contributed by atoms with Gasteiger partial charge >= 0.3 is 0 Å². The quantitative estimate of drug-likeness (QED) is 0.161. The summed E-state index contributed by atoms with van der Waals surface area (Å²) in [6, 6.07) is 76.9. The third-order valence-corrected chi connectivity index (χ3v) is 12.3. The van der Waals surface area contributed by atoms with E-state index in [9.17, 15) is 0 Å². The molecule has 9 aromatic carbocycles. The summed E-state index contributed by atoms with van der Waals surface area (Å²) in [5.41, 5.74) is 19.7. The van der Waals surface area contributed by atoms with Crippen LogP contribution >= 0.6 is 0 Å². The fourth-order valence-corrected chi connectivity index (χ4v) is 9.40. The summed E-state index contributed by atoms with van der Waals surface area (Å²) >= 11 is 0. The van der Waals surface area contributed by atoms with Crippen LogP contribution in [-0.4, -0.2) is 0 Å². The van der Waals surface area contributed by atoms with Crippen LogP contribution in [-0.2, 0) is 5.41 Å². The molecule has 0 radical (unpaired) electrons. The number of rotatable bonds is 7. The van der Waals surface area contributed by atoms with Crippen molar-refractivity contribution in [3.05, 3.63) is 223 Å². The van der Waals surface area contributed by atoms with Gasteiger partial charge in [-0.15, -0.1) is 0 Å². The summed E-state index contributed by atoms with van der Waals surface area (Å²) in [5, 5.41) is 2.26. The monoisotopic (exact) mass is 755 g/mol. The number of nitrogens with zero attached hydrogens (tertiary/aromatic N) is 1. The van der Waals surface area contributed by atoms with Crippen molar-refractivity contribution in [1.82, 2.24) is 0 Å². The van der Waals surface area contributed by atoms with Crippen molar-refractivity contribution in [2.45, 2.75) is 19.3 Å². The van der Waals surface area contributed by atoms with Gasteiger partial charge in [-0.3, -0.25) is 0 Å². The number of hydrogen-bond acceptors (Lipinski definition) is 2. The van der Waals surface area contributed by atoms with Gasteiger partial charge in [0, 0.05) is 33.0 Å².